The van der Waals surface area contributed by atoms with E-state index in [-0.39, 0.29) is 10.9 Å². The first-order valence-electron chi connectivity index (χ1n) is 6.45. The van der Waals surface area contributed by atoms with Crippen molar-refractivity contribution in [3.05, 3.63) is 57.0 Å². The van der Waals surface area contributed by atoms with Gasteiger partial charge < -0.3 is 4.74 Å². The van der Waals surface area contributed by atoms with Crippen LogP contribution in [0.4, 0.5) is 0 Å². The molecule has 0 aliphatic carbocycles. The summed E-state index contributed by atoms with van der Waals surface area (Å²) in [5.41, 5.74) is 0.874. The van der Waals surface area contributed by atoms with Gasteiger partial charge in [0.15, 0.2) is 0 Å². The number of hydrogen-bond acceptors (Lipinski definition) is 3. The fourth-order valence-corrected chi connectivity index (χ4v) is 4.57. The molecule has 0 bridgehead atoms. The summed E-state index contributed by atoms with van der Waals surface area (Å²) in [7, 11) is -2.10. The lowest BCUT2D eigenvalue weighted by Crippen LogP contribution is -2.27. The number of benzene rings is 2. The van der Waals surface area contributed by atoms with Crippen molar-refractivity contribution in [2.24, 2.45) is 0 Å². The van der Waals surface area contributed by atoms with E-state index in [1.807, 2.05) is 24.3 Å². The van der Waals surface area contributed by atoms with Crippen LogP contribution in [0.1, 0.15) is 18.5 Å². The summed E-state index contributed by atoms with van der Waals surface area (Å²) in [5.74, 6) is 0.581. The summed E-state index contributed by atoms with van der Waals surface area (Å²) >= 11 is 6.73. The summed E-state index contributed by atoms with van der Waals surface area (Å²) in [6.07, 6.45) is 0. The van der Waals surface area contributed by atoms with Gasteiger partial charge in [0.05, 0.1) is 16.5 Å². The van der Waals surface area contributed by atoms with Gasteiger partial charge in [-0.15, -0.1) is 0 Å². The first-order valence-corrected chi connectivity index (χ1v) is 9.52. The molecular weight excluding hydrogens is 434 g/mol. The van der Waals surface area contributed by atoms with Gasteiger partial charge in [-0.1, -0.05) is 34.1 Å². The molecule has 7 heteroatoms. The molecule has 4 nitrogen and oxygen atoms in total. The molecule has 0 aliphatic rings. The van der Waals surface area contributed by atoms with Gasteiger partial charge >= 0.3 is 0 Å². The van der Waals surface area contributed by atoms with E-state index < -0.39 is 10.0 Å². The zero-order valence-corrected chi connectivity index (χ0v) is 16.0. The Labute approximate surface area is 147 Å². The minimum Gasteiger partial charge on any atom is -0.496 e. The monoisotopic (exact) mass is 447 g/mol. The zero-order valence-electron chi connectivity index (χ0n) is 12.0. The third kappa shape index (κ3) is 3.90. The SMILES string of the molecule is COc1ccc(S(=O)(=O)NC(C)c2ccccc2Br)cc1Br. The number of nitrogens with one attached hydrogen (secondary N) is 1. The molecule has 0 aromatic heterocycles. The van der Waals surface area contributed by atoms with Crippen molar-refractivity contribution >= 4 is 41.9 Å². The normalized spacial score (nSPS) is 12.9. The highest BCUT2D eigenvalue weighted by Crippen LogP contribution is 2.29. The first-order chi connectivity index (χ1) is 10.3. The van der Waals surface area contributed by atoms with E-state index in [1.165, 1.54) is 19.2 Å². The van der Waals surface area contributed by atoms with Crippen molar-refractivity contribution in [3.8, 4) is 5.75 Å². The van der Waals surface area contributed by atoms with Crippen LogP contribution >= 0.6 is 31.9 Å². The number of ether oxygens (including phenoxy) is 1. The molecule has 2 aromatic rings. The lowest BCUT2D eigenvalue weighted by Gasteiger charge is -2.16. The zero-order chi connectivity index (χ0) is 16.3. The highest BCUT2D eigenvalue weighted by atomic mass is 79.9. The smallest absolute Gasteiger partial charge is 0.241 e. The van der Waals surface area contributed by atoms with Crippen molar-refractivity contribution in [3.63, 3.8) is 0 Å². The Morgan fingerprint density at radius 2 is 1.77 bits per heavy atom. The maximum atomic E-state index is 12.5. The highest BCUT2D eigenvalue weighted by molar-refractivity contribution is 9.10. The van der Waals surface area contributed by atoms with Crippen LogP contribution in [-0.2, 0) is 10.0 Å². The van der Waals surface area contributed by atoms with Crippen LogP contribution in [0.5, 0.6) is 5.75 Å². The molecule has 0 amide bonds. The van der Waals surface area contributed by atoms with Crippen LogP contribution in [-0.4, -0.2) is 15.5 Å². The first kappa shape index (κ1) is 17.5. The Kier molecular flexibility index (Phi) is 5.65. The van der Waals surface area contributed by atoms with E-state index in [4.69, 9.17) is 4.74 Å². The number of halogens is 2. The predicted molar refractivity (Wildman–Crippen MR) is 93.6 cm³/mol. The molecule has 1 N–H and O–H groups in total. The molecule has 2 rings (SSSR count). The van der Waals surface area contributed by atoms with E-state index in [0.29, 0.717) is 10.2 Å². The van der Waals surface area contributed by atoms with E-state index in [2.05, 4.69) is 36.6 Å². The third-order valence-corrected chi connectivity index (χ3v) is 6.02. The van der Waals surface area contributed by atoms with Crippen LogP contribution in [0.15, 0.2) is 56.3 Å². The fraction of sp³-hybridized carbons (Fsp3) is 0.200. The second-order valence-corrected chi connectivity index (χ2v) is 8.08. The van der Waals surface area contributed by atoms with Gasteiger partial charge in [-0.05, 0) is 52.7 Å². The molecule has 0 spiro atoms. The Morgan fingerprint density at radius 3 is 2.36 bits per heavy atom. The van der Waals surface area contributed by atoms with Crippen LogP contribution in [0.2, 0.25) is 0 Å². The van der Waals surface area contributed by atoms with Crippen molar-refractivity contribution in [1.82, 2.24) is 4.72 Å². The Bertz CT molecular complexity index is 778. The average molecular weight is 449 g/mol. The summed E-state index contributed by atoms with van der Waals surface area (Å²) in [6, 6.07) is 11.8. The predicted octanol–water partition coefficient (Wildman–Crippen LogP) is 4.26. The van der Waals surface area contributed by atoms with Gasteiger partial charge in [-0.2, -0.15) is 0 Å². The second-order valence-electron chi connectivity index (χ2n) is 4.66. The molecule has 0 saturated carbocycles. The number of sulfonamides is 1. The molecule has 0 radical (unpaired) electrons. The summed E-state index contributed by atoms with van der Waals surface area (Å²) in [6.45, 7) is 1.80. The molecule has 2 aromatic carbocycles. The molecule has 1 atom stereocenters. The molecule has 22 heavy (non-hydrogen) atoms. The molecule has 1 unspecified atom stereocenters. The second kappa shape index (κ2) is 7.12. The van der Waals surface area contributed by atoms with Crippen molar-refractivity contribution in [2.75, 3.05) is 7.11 Å². The maximum Gasteiger partial charge on any atom is 0.241 e. The van der Waals surface area contributed by atoms with Gasteiger partial charge in [0.1, 0.15) is 5.75 Å². The van der Waals surface area contributed by atoms with Crippen LogP contribution in [0.25, 0.3) is 0 Å². The highest BCUT2D eigenvalue weighted by Gasteiger charge is 2.20. The topological polar surface area (TPSA) is 55.4 Å². The van der Waals surface area contributed by atoms with Gasteiger partial charge in [-0.25, -0.2) is 13.1 Å². The quantitative estimate of drug-likeness (QED) is 0.743. The number of methoxy groups -OCH3 is 1. The minimum atomic E-state index is -3.63. The van der Waals surface area contributed by atoms with Crippen molar-refractivity contribution < 1.29 is 13.2 Å². The van der Waals surface area contributed by atoms with E-state index in [9.17, 15) is 8.42 Å². The third-order valence-electron chi connectivity index (χ3n) is 3.14. The molecular formula is C15H15Br2NO3S. The standard InChI is InChI=1S/C15H15Br2NO3S/c1-10(12-5-3-4-6-13(12)16)18-22(19,20)11-7-8-15(21-2)14(17)9-11/h3-10,18H,1-2H3. The molecule has 0 heterocycles. The van der Waals surface area contributed by atoms with E-state index in [1.54, 1.807) is 13.0 Å². The fourth-order valence-electron chi connectivity index (χ4n) is 2.00. The van der Waals surface area contributed by atoms with Gasteiger partial charge in [-0.3, -0.25) is 0 Å². The van der Waals surface area contributed by atoms with Gasteiger partial charge in [0, 0.05) is 10.5 Å². The van der Waals surface area contributed by atoms with E-state index >= 15 is 0 Å². The number of hydrogen-bond donors (Lipinski definition) is 1. The Hall–Kier alpha value is -0.890. The average Bonchev–Trinajstić information content (AvgIpc) is 2.47. The molecule has 0 aliphatic heterocycles. The largest absolute Gasteiger partial charge is 0.496 e. The van der Waals surface area contributed by atoms with Crippen molar-refractivity contribution in [1.29, 1.82) is 0 Å². The molecule has 118 valence electrons. The lowest BCUT2D eigenvalue weighted by molar-refractivity contribution is 0.411. The summed E-state index contributed by atoms with van der Waals surface area (Å²) in [4.78, 5) is 0.180. The summed E-state index contributed by atoms with van der Waals surface area (Å²) in [5, 5.41) is 0. The van der Waals surface area contributed by atoms with Gasteiger partial charge in [0.2, 0.25) is 10.0 Å². The van der Waals surface area contributed by atoms with Crippen LogP contribution < -0.4 is 9.46 Å². The summed E-state index contributed by atoms with van der Waals surface area (Å²) < 4.78 is 34.2. The molecule has 0 fully saturated rings. The molecule has 0 saturated heterocycles. The minimum absolute atomic E-state index is 0.180. The van der Waals surface area contributed by atoms with E-state index in [0.717, 1.165) is 10.0 Å². The van der Waals surface area contributed by atoms with Crippen molar-refractivity contribution in [2.45, 2.75) is 17.9 Å². The van der Waals surface area contributed by atoms with Gasteiger partial charge in [0.25, 0.3) is 0 Å². The number of rotatable bonds is 5. The van der Waals surface area contributed by atoms with Crippen LogP contribution in [0, 0.1) is 0 Å². The maximum absolute atomic E-state index is 12.5. The van der Waals surface area contributed by atoms with Crippen LogP contribution in [0.3, 0.4) is 0 Å². The lowest BCUT2D eigenvalue weighted by atomic mass is 10.1. The Morgan fingerprint density at radius 1 is 1.09 bits per heavy atom. The Balaban J connectivity index is 2.28.